The molecule has 0 aromatic rings. The largest absolute Gasteiger partial charge is 0.480 e. The molecule has 0 rings (SSSR count). The fraction of sp³-hybridized carbons (Fsp3) is 0.800. The van der Waals surface area contributed by atoms with Gasteiger partial charge < -0.3 is 25.1 Å². The van der Waals surface area contributed by atoms with Gasteiger partial charge in [0.2, 0.25) is 0 Å². The number of aliphatic carboxylic acids is 1. The van der Waals surface area contributed by atoms with E-state index in [2.05, 4.69) is 37.2 Å². The van der Waals surface area contributed by atoms with Crippen LogP contribution in [0.15, 0.2) is 0 Å². The summed E-state index contributed by atoms with van der Waals surface area (Å²) in [7, 11) is -4.39. The number of carbonyl (C=O) groups is 1. The molecule has 8 nitrogen and oxygen atoms in total. The Balaban J connectivity index is 0. The minimum Gasteiger partial charge on any atom is -0.480 e. The van der Waals surface area contributed by atoms with Crippen LogP contribution in [0, 0.1) is 0 Å². The van der Waals surface area contributed by atoms with Crippen LogP contribution in [0.4, 0.5) is 0 Å². The van der Waals surface area contributed by atoms with Crippen molar-refractivity contribution >= 4 is 50.8 Å². The van der Waals surface area contributed by atoms with Crippen LogP contribution in [-0.2, 0) is 9.36 Å². The van der Waals surface area contributed by atoms with Crippen molar-refractivity contribution in [3.05, 3.63) is 0 Å². The molecule has 0 heterocycles. The third-order valence-corrected chi connectivity index (χ3v) is 1.93. The predicted molar refractivity (Wildman–Crippen MR) is 72.4 cm³/mol. The van der Waals surface area contributed by atoms with Gasteiger partial charge in [0.05, 0.1) is 13.1 Å². The zero-order valence-electron chi connectivity index (χ0n) is 7.90. The smallest absolute Gasteiger partial charge is 0.339 e. The highest BCUT2D eigenvalue weighted by Crippen LogP contribution is 2.34. The molecule has 0 aliphatic heterocycles. The molecule has 0 aromatic carbocycles. The van der Waals surface area contributed by atoms with Gasteiger partial charge in [0.25, 0.3) is 0 Å². The molecule has 98 valence electrons. The van der Waals surface area contributed by atoms with Gasteiger partial charge >= 0.3 is 13.6 Å². The number of aliphatic hydroxyl groups excluding tert-OH is 1. The molecule has 0 saturated heterocycles. The number of nitrogens with zero attached hydrogens (tertiary/aromatic N) is 1. The van der Waals surface area contributed by atoms with E-state index in [9.17, 15) is 9.36 Å². The van der Waals surface area contributed by atoms with Crippen LogP contribution in [0.25, 0.3) is 0 Å². The van der Waals surface area contributed by atoms with Crippen LogP contribution >= 0.6 is 44.8 Å². The standard InChI is InChI=1S/C5H12NO7P.I2/c7-4(8)1-6(2-5(9)10)3-14(11,12)13;1-2/h4,7-8H,1-3H2,(H,9,10)(H2,11,12,13);. The molecule has 0 unspecified atom stereocenters. The zero-order valence-corrected chi connectivity index (χ0v) is 13.1. The first-order chi connectivity index (χ1) is 7.20. The molecule has 0 aliphatic rings. The minimum atomic E-state index is -4.39. The molecule has 0 spiro atoms. The molecule has 0 aliphatic carbocycles. The maximum atomic E-state index is 10.5. The van der Waals surface area contributed by atoms with Gasteiger partial charge in [0.1, 0.15) is 6.29 Å². The molecule has 0 bridgehead atoms. The van der Waals surface area contributed by atoms with E-state index in [1.54, 1.807) is 0 Å². The molecule has 0 atom stereocenters. The van der Waals surface area contributed by atoms with Gasteiger partial charge in [-0.05, 0) is 0 Å². The third-order valence-electron chi connectivity index (χ3n) is 1.16. The molecule has 11 heteroatoms. The molecule has 16 heavy (non-hydrogen) atoms. The van der Waals surface area contributed by atoms with Crippen molar-refractivity contribution in [2.45, 2.75) is 6.29 Å². The first kappa shape index (κ1) is 19.3. The number of rotatable bonds is 6. The van der Waals surface area contributed by atoms with Gasteiger partial charge in [-0.25, -0.2) is 0 Å². The normalized spacial score (nSPS) is 11.2. The Morgan fingerprint density at radius 2 is 1.75 bits per heavy atom. The summed E-state index contributed by atoms with van der Waals surface area (Å²) >= 11 is 4.24. The summed E-state index contributed by atoms with van der Waals surface area (Å²) in [6, 6.07) is 0. The van der Waals surface area contributed by atoms with Crippen molar-refractivity contribution < 1.29 is 34.5 Å². The van der Waals surface area contributed by atoms with Crippen LogP contribution in [0.3, 0.4) is 0 Å². The SMILES string of the molecule is II.O=C(O)CN(CC(O)O)CP(=O)(O)O. The molecule has 5 N–H and O–H groups in total. The maximum absolute atomic E-state index is 10.5. The van der Waals surface area contributed by atoms with E-state index in [4.69, 9.17) is 25.1 Å². The molecule has 0 saturated carbocycles. The molecule has 0 aromatic heterocycles. The Labute approximate surface area is 115 Å². The summed E-state index contributed by atoms with van der Waals surface area (Å²) in [6.07, 6.45) is -2.66. The van der Waals surface area contributed by atoms with Crippen molar-refractivity contribution in [3.8, 4) is 0 Å². The second-order valence-corrected chi connectivity index (χ2v) is 4.30. The topological polar surface area (TPSA) is 139 Å². The number of hydrogen-bond acceptors (Lipinski definition) is 5. The van der Waals surface area contributed by atoms with E-state index in [1.807, 2.05) is 0 Å². The van der Waals surface area contributed by atoms with Crippen molar-refractivity contribution in [1.29, 1.82) is 0 Å². The van der Waals surface area contributed by atoms with E-state index < -0.39 is 39.2 Å². The van der Waals surface area contributed by atoms with E-state index in [0.717, 1.165) is 4.90 Å². The molecule has 0 fully saturated rings. The lowest BCUT2D eigenvalue weighted by atomic mass is 10.5. The van der Waals surface area contributed by atoms with E-state index in [0.29, 0.717) is 0 Å². The van der Waals surface area contributed by atoms with Gasteiger partial charge in [-0.3, -0.25) is 14.3 Å². The average molecular weight is 483 g/mol. The lowest BCUT2D eigenvalue weighted by molar-refractivity contribution is -0.139. The van der Waals surface area contributed by atoms with Crippen molar-refractivity contribution in [3.63, 3.8) is 0 Å². The lowest BCUT2D eigenvalue weighted by Crippen LogP contribution is -2.36. The number of carboxylic acids is 1. The Bertz CT molecular complexity index is 245. The van der Waals surface area contributed by atoms with E-state index >= 15 is 0 Å². The minimum absolute atomic E-state index is 0.530. The van der Waals surface area contributed by atoms with Crippen LogP contribution in [0.5, 0.6) is 0 Å². The summed E-state index contributed by atoms with van der Waals surface area (Å²) in [5, 5.41) is 25.3. The van der Waals surface area contributed by atoms with Gasteiger partial charge in [-0.2, -0.15) is 0 Å². The molecular formula is C5H12I2NO7P. The van der Waals surface area contributed by atoms with E-state index in [1.165, 1.54) is 0 Å². The fourth-order valence-electron chi connectivity index (χ4n) is 0.855. The Kier molecular flexibility index (Phi) is 12.0. The fourth-order valence-corrected chi connectivity index (χ4v) is 1.59. The second kappa shape index (κ2) is 9.94. The summed E-state index contributed by atoms with van der Waals surface area (Å²) in [5.41, 5.74) is 0. The number of aliphatic hydroxyl groups is 2. The predicted octanol–water partition coefficient (Wildman–Crippen LogP) is -0.410. The van der Waals surface area contributed by atoms with Crippen molar-refractivity contribution in [1.82, 2.24) is 4.90 Å². The number of halogens is 2. The highest BCUT2D eigenvalue weighted by atomic mass is 128. The average Bonchev–Trinajstić information content (AvgIpc) is 2.01. The summed E-state index contributed by atoms with van der Waals surface area (Å²) < 4.78 is 10.5. The highest BCUT2D eigenvalue weighted by molar-refractivity contribution is 15.0. The second-order valence-electron chi connectivity index (χ2n) is 2.69. The zero-order chi connectivity index (χ0) is 13.4. The summed E-state index contributed by atoms with van der Waals surface area (Å²) in [5.74, 6) is -1.31. The molecule has 0 amide bonds. The quantitative estimate of drug-likeness (QED) is 0.196. The van der Waals surface area contributed by atoms with Crippen LogP contribution < -0.4 is 0 Å². The van der Waals surface area contributed by atoms with Crippen LogP contribution in [0.1, 0.15) is 0 Å². The Morgan fingerprint density at radius 3 is 2.00 bits per heavy atom. The first-order valence-electron chi connectivity index (χ1n) is 3.70. The van der Waals surface area contributed by atoms with Crippen molar-refractivity contribution in [2.75, 3.05) is 19.4 Å². The maximum Gasteiger partial charge on any atom is 0.339 e. The highest BCUT2D eigenvalue weighted by Gasteiger charge is 2.22. The number of carboxylic acid groups (broad SMARTS) is 1. The lowest BCUT2D eigenvalue weighted by Gasteiger charge is -2.21. The van der Waals surface area contributed by atoms with Crippen molar-refractivity contribution in [2.24, 2.45) is 0 Å². The number of hydrogen-bond donors (Lipinski definition) is 5. The summed E-state index contributed by atoms with van der Waals surface area (Å²) in [6.45, 7) is -1.19. The van der Waals surface area contributed by atoms with Gasteiger partial charge in [-0.1, -0.05) is 0 Å². The summed E-state index contributed by atoms with van der Waals surface area (Å²) in [4.78, 5) is 28.0. The molecular weight excluding hydrogens is 471 g/mol. The van der Waals surface area contributed by atoms with E-state index in [-0.39, 0.29) is 0 Å². The van der Waals surface area contributed by atoms with Crippen LogP contribution in [0.2, 0.25) is 0 Å². The van der Waals surface area contributed by atoms with Gasteiger partial charge in [0.15, 0.2) is 6.29 Å². The Morgan fingerprint density at radius 1 is 1.31 bits per heavy atom. The third kappa shape index (κ3) is 15.0. The van der Waals surface area contributed by atoms with Gasteiger partial charge in [0, 0.05) is 37.2 Å². The Hall–Kier alpha value is 0.960. The first-order valence-corrected chi connectivity index (χ1v) is 11.8. The van der Waals surface area contributed by atoms with Gasteiger partial charge in [-0.15, -0.1) is 0 Å². The monoisotopic (exact) mass is 483 g/mol. The molecule has 0 radical (unpaired) electrons. The van der Waals surface area contributed by atoms with Crippen LogP contribution in [-0.4, -0.2) is 61.6 Å².